The lowest BCUT2D eigenvalue weighted by atomic mass is 10.1. The number of aryl methyl sites for hydroxylation is 1. The smallest absolute Gasteiger partial charge is 0.269 e. The predicted octanol–water partition coefficient (Wildman–Crippen LogP) is 4.41. The average molecular weight is 515 g/mol. The molecule has 0 aliphatic heterocycles. The van der Waals surface area contributed by atoms with Crippen LogP contribution in [0, 0.1) is 0 Å². The number of sulfonamides is 1. The number of hydrogen-bond acceptors (Lipinski definition) is 7. The van der Waals surface area contributed by atoms with Gasteiger partial charge in [-0.2, -0.15) is 0 Å². The van der Waals surface area contributed by atoms with Crippen molar-refractivity contribution < 1.29 is 17.9 Å². The Morgan fingerprint density at radius 3 is 2.56 bits per heavy atom. The Bertz CT molecular complexity index is 1180. The molecular weight excluding hydrogens is 495 g/mol. The van der Waals surface area contributed by atoms with Gasteiger partial charge in [0.2, 0.25) is 9.47 Å². The second-order valence-corrected chi connectivity index (χ2v) is 10.4. The normalized spacial score (nSPS) is 11.3. The van der Waals surface area contributed by atoms with E-state index in [2.05, 4.69) is 27.2 Å². The second kappa shape index (κ2) is 11.1. The molecule has 0 atom stereocenters. The molecule has 0 saturated heterocycles. The van der Waals surface area contributed by atoms with Crippen molar-refractivity contribution in [3.05, 3.63) is 63.6 Å². The molecule has 0 aliphatic rings. The third-order valence-corrected chi connectivity index (χ3v) is 7.37. The van der Waals surface area contributed by atoms with Gasteiger partial charge in [0.05, 0.1) is 10.6 Å². The molecule has 170 valence electrons. The first-order valence-corrected chi connectivity index (χ1v) is 12.7. The summed E-state index contributed by atoms with van der Waals surface area (Å²) in [6.07, 6.45) is 2.06. The molecule has 0 spiro atoms. The molecule has 0 unspecified atom stereocenters. The monoisotopic (exact) mass is 514 g/mol. The quantitative estimate of drug-likeness (QED) is 0.306. The Hall–Kier alpha value is -2.24. The fourth-order valence-electron chi connectivity index (χ4n) is 2.65. The zero-order chi connectivity index (χ0) is 23.1. The molecule has 1 aromatic heterocycles. The molecule has 0 saturated carbocycles. The van der Waals surface area contributed by atoms with Crippen LogP contribution < -0.4 is 14.8 Å². The summed E-state index contributed by atoms with van der Waals surface area (Å²) in [5.74, 6) is 0.101. The number of anilines is 1. The number of halogens is 2. The zero-order valence-electron chi connectivity index (χ0n) is 17.0. The number of hydrogen-bond donors (Lipinski definition) is 2. The van der Waals surface area contributed by atoms with E-state index in [1.54, 1.807) is 0 Å². The first-order chi connectivity index (χ1) is 15.3. The third-order valence-electron chi connectivity index (χ3n) is 4.16. The van der Waals surface area contributed by atoms with E-state index in [4.69, 9.17) is 27.9 Å². The topological polar surface area (TPSA) is 110 Å². The van der Waals surface area contributed by atoms with Gasteiger partial charge in [0.15, 0.2) is 0 Å². The Kier molecular flexibility index (Phi) is 8.44. The van der Waals surface area contributed by atoms with Gasteiger partial charge in [-0.3, -0.25) is 10.1 Å². The lowest BCUT2D eigenvalue weighted by Crippen LogP contribution is -2.28. The molecule has 3 rings (SSSR count). The van der Waals surface area contributed by atoms with E-state index < -0.39 is 15.9 Å². The van der Waals surface area contributed by atoms with Gasteiger partial charge in [-0.15, -0.1) is 10.2 Å². The van der Waals surface area contributed by atoms with Crippen LogP contribution in [0.1, 0.15) is 29.3 Å². The molecule has 0 aliphatic carbocycles. The van der Waals surface area contributed by atoms with Crippen molar-refractivity contribution in [1.29, 1.82) is 0 Å². The van der Waals surface area contributed by atoms with E-state index in [9.17, 15) is 13.2 Å². The van der Waals surface area contributed by atoms with Crippen LogP contribution in [0.2, 0.25) is 10.0 Å². The minimum Gasteiger partial charge on any atom is -0.492 e. The van der Waals surface area contributed by atoms with Crippen LogP contribution in [0.5, 0.6) is 5.75 Å². The molecular formula is C20H20Cl2N4O4S2. The van der Waals surface area contributed by atoms with Crippen molar-refractivity contribution in [2.45, 2.75) is 24.1 Å². The molecule has 0 bridgehead atoms. The number of benzene rings is 2. The molecule has 0 fully saturated rings. The number of aromatic nitrogens is 2. The molecule has 1 heterocycles. The van der Waals surface area contributed by atoms with E-state index in [1.165, 1.54) is 23.8 Å². The van der Waals surface area contributed by atoms with Crippen LogP contribution in [-0.2, 0) is 16.4 Å². The van der Waals surface area contributed by atoms with Crippen molar-refractivity contribution in [1.82, 2.24) is 14.9 Å². The summed E-state index contributed by atoms with van der Waals surface area (Å²) in [4.78, 5) is 12.3. The lowest BCUT2D eigenvalue weighted by molar-refractivity contribution is 0.102. The largest absolute Gasteiger partial charge is 0.492 e. The fourth-order valence-corrected chi connectivity index (χ4v) is 5.10. The number of carbonyl (C=O) groups is 1. The van der Waals surface area contributed by atoms with E-state index in [-0.39, 0.29) is 33.2 Å². The number of rotatable bonds is 10. The highest BCUT2D eigenvalue weighted by molar-refractivity contribution is 7.91. The minimum atomic E-state index is -3.90. The van der Waals surface area contributed by atoms with Crippen LogP contribution in [0.25, 0.3) is 0 Å². The van der Waals surface area contributed by atoms with E-state index >= 15 is 0 Å². The summed E-state index contributed by atoms with van der Waals surface area (Å²) in [7, 11) is -3.90. The van der Waals surface area contributed by atoms with Gasteiger partial charge in [-0.1, -0.05) is 60.0 Å². The Balaban J connectivity index is 1.52. The summed E-state index contributed by atoms with van der Waals surface area (Å²) in [5, 5.41) is 10.4. The summed E-state index contributed by atoms with van der Waals surface area (Å²) in [5.41, 5.74) is 1.40. The molecule has 0 radical (unpaired) electrons. The molecule has 3 aromatic rings. The Morgan fingerprint density at radius 2 is 1.88 bits per heavy atom. The summed E-state index contributed by atoms with van der Waals surface area (Å²) >= 11 is 12.5. The van der Waals surface area contributed by atoms with Crippen LogP contribution in [-0.4, -0.2) is 37.7 Å². The Morgan fingerprint density at radius 1 is 1.12 bits per heavy atom. The molecule has 32 heavy (non-hydrogen) atoms. The molecule has 2 aromatic carbocycles. The maximum Gasteiger partial charge on any atom is 0.269 e. The van der Waals surface area contributed by atoms with Crippen molar-refractivity contribution >= 4 is 55.6 Å². The van der Waals surface area contributed by atoms with Gasteiger partial charge in [-0.25, -0.2) is 13.1 Å². The van der Waals surface area contributed by atoms with Gasteiger partial charge >= 0.3 is 0 Å². The number of amides is 1. The number of carbonyl (C=O) groups excluding carboxylic acids is 1. The highest BCUT2D eigenvalue weighted by Crippen LogP contribution is 2.24. The second-order valence-electron chi connectivity index (χ2n) is 6.59. The van der Waals surface area contributed by atoms with Crippen molar-refractivity contribution in [3.8, 4) is 5.75 Å². The van der Waals surface area contributed by atoms with Gasteiger partial charge in [0.25, 0.3) is 15.9 Å². The third kappa shape index (κ3) is 6.63. The van der Waals surface area contributed by atoms with Gasteiger partial charge in [-0.05, 0) is 42.3 Å². The molecule has 8 nitrogen and oxygen atoms in total. The number of ether oxygens (including phenoxy) is 1. The van der Waals surface area contributed by atoms with Crippen molar-refractivity contribution in [2.24, 2.45) is 0 Å². The first kappa shape index (κ1) is 24.4. The first-order valence-electron chi connectivity index (χ1n) is 9.60. The van der Waals surface area contributed by atoms with Crippen LogP contribution in [0.3, 0.4) is 0 Å². The number of nitrogens with zero attached hydrogens (tertiary/aromatic N) is 2. The summed E-state index contributed by atoms with van der Waals surface area (Å²) in [6.45, 7) is 2.30. The highest BCUT2D eigenvalue weighted by Gasteiger charge is 2.21. The standard InChI is InChI=1S/C20H20Cl2N4O4S2/c1-2-3-13-4-7-15(8-5-13)30-11-10-23-32(28,29)20-26-25-19(31-20)24-18(27)16-9-6-14(21)12-17(16)22/h4-9,12,23H,2-3,10-11H2,1H3,(H,24,25,27). The number of nitrogens with one attached hydrogen (secondary N) is 2. The predicted molar refractivity (Wildman–Crippen MR) is 125 cm³/mol. The lowest BCUT2D eigenvalue weighted by Gasteiger charge is -2.07. The van der Waals surface area contributed by atoms with Crippen LogP contribution in [0.4, 0.5) is 5.13 Å². The zero-order valence-corrected chi connectivity index (χ0v) is 20.1. The van der Waals surface area contributed by atoms with E-state index in [0.717, 1.165) is 24.2 Å². The van der Waals surface area contributed by atoms with Gasteiger partial charge in [0.1, 0.15) is 12.4 Å². The van der Waals surface area contributed by atoms with Gasteiger partial charge in [0, 0.05) is 11.6 Å². The van der Waals surface area contributed by atoms with E-state index in [0.29, 0.717) is 10.8 Å². The van der Waals surface area contributed by atoms with Crippen LogP contribution >= 0.6 is 34.5 Å². The van der Waals surface area contributed by atoms with Crippen molar-refractivity contribution in [2.75, 3.05) is 18.5 Å². The SMILES string of the molecule is CCCc1ccc(OCCNS(=O)(=O)c2nnc(NC(=O)c3ccc(Cl)cc3Cl)s2)cc1. The average Bonchev–Trinajstić information content (AvgIpc) is 3.22. The summed E-state index contributed by atoms with van der Waals surface area (Å²) < 4.78 is 32.5. The maximum absolute atomic E-state index is 12.4. The summed E-state index contributed by atoms with van der Waals surface area (Å²) in [6, 6.07) is 12.1. The van der Waals surface area contributed by atoms with E-state index in [1.807, 2.05) is 24.3 Å². The fraction of sp³-hybridized carbons (Fsp3) is 0.250. The Labute approximate surface area is 200 Å². The van der Waals surface area contributed by atoms with Gasteiger partial charge < -0.3 is 4.74 Å². The molecule has 1 amide bonds. The minimum absolute atomic E-state index is 0.0183. The maximum atomic E-state index is 12.4. The van der Waals surface area contributed by atoms with Crippen LogP contribution in [0.15, 0.2) is 46.8 Å². The molecule has 12 heteroatoms. The molecule has 2 N–H and O–H groups in total. The van der Waals surface area contributed by atoms with Crippen molar-refractivity contribution in [3.63, 3.8) is 0 Å². The highest BCUT2D eigenvalue weighted by atomic mass is 35.5.